The molecule has 1 heterocycles. The molecule has 0 amide bonds. The zero-order chi connectivity index (χ0) is 20.0. The fourth-order valence-electron chi connectivity index (χ4n) is 2.77. The van der Waals surface area contributed by atoms with E-state index in [2.05, 4.69) is 0 Å². The number of rotatable bonds is 6. The van der Waals surface area contributed by atoms with E-state index in [1.54, 1.807) is 30.3 Å². The average molecular weight is 382 g/mol. The van der Waals surface area contributed by atoms with Crippen LogP contribution in [0.15, 0.2) is 30.3 Å². The van der Waals surface area contributed by atoms with Crippen LogP contribution in [-0.4, -0.2) is 67.4 Å². The van der Waals surface area contributed by atoms with Gasteiger partial charge in [-0.2, -0.15) is 0 Å². The van der Waals surface area contributed by atoms with Gasteiger partial charge >= 0.3 is 17.9 Å². The van der Waals surface area contributed by atoms with Gasteiger partial charge in [0.05, 0.1) is 12.2 Å². The molecule has 0 aliphatic carbocycles. The first-order valence-corrected chi connectivity index (χ1v) is 8.27. The highest BCUT2D eigenvalue weighted by atomic mass is 16.7. The molecular weight excluding hydrogens is 360 g/mol. The lowest BCUT2D eigenvalue weighted by Gasteiger charge is -2.43. The van der Waals surface area contributed by atoms with Gasteiger partial charge in [-0.25, -0.2) is 4.79 Å². The summed E-state index contributed by atoms with van der Waals surface area (Å²) in [5.41, 5.74) is 0.258. The maximum absolute atomic E-state index is 12.4. The summed E-state index contributed by atoms with van der Waals surface area (Å²) < 4.78 is 26.6. The molecule has 27 heavy (non-hydrogen) atoms. The number of carbonyl (C=O) groups excluding carboxylic acids is 3. The summed E-state index contributed by atoms with van der Waals surface area (Å²) >= 11 is 0. The van der Waals surface area contributed by atoms with Crippen LogP contribution in [0.2, 0.25) is 0 Å². The van der Waals surface area contributed by atoms with E-state index >= 15 is 0 Å². The van der Waals surface area contributed by atoms with Crippen molar-refractivity contribution < 1.29 is 43.2 Å². The van der Waals surface area contributed by atoms with Crippen molar-refractivity contribution in [3.8, 4) is 0 Å². The zero-order valence-electron chi connectivity index (χ0n) is 15.2. The fraction of sp³-hybridized carbons (Fsp3) is 0.500. The number of hydrogen-bond acceptors (Lipinski definition) is 9. The highest BCUT2D eigenvalue weighted by Gasteiger charge is 2.52. The molecule has 0 unspecified atom stereocenters. The lowest BCUT2D eigenvalue weighted by Crippen LogP contribution is -2.62. The molecule has 1 fully saturated rings. The van der Waals surface area contributed by atoms with Gasteiger partial charge in [-0.1, -0.05) is 18.2 Å². The third-order valence-electron chi connectivity index (χ3n) is 3.86. The topological polar surface area (TPSA) is 118 Å². The van der Waals surface area contributed by atoms with Crippen molar-refractivity contribution in [2.45, 2.75) is 44.6 Å². The number of methoxy groups -OCH3 is 1. The quantitative estimate of drug-likeness (QED) is 0.552. The molecule has 0 aromatic heterocycles. The summed E-state index contributed by atoms with van der Waals surface area (Å²) in [4.78, 5) is 35.5. The van der Waals surface area contributed by atoms with Crippen molar-refractivity contribution >= 4 is 17.9 Å². The summed E-state index contributed by atoms with van der Waals surface area (Å²) in [6.07, 6.45) is -5.81. The number of hydrogen-bond donors (Lipinski definition) is 1. The Bertz CT molecular complexity index is 660. The summed E-state index contributed by atoms with van der Waals surface area (Å²) in [5.74, 6) is -2.07. The lowest BCUT2D eigenvalue weighted by atomic mass is 9.98. The predicted molar refractivity (Wildman–Crippen MR) is 89.5 cm³/mol. The largest absolute Gasteiger partial charge is 0.454 e. The summed E-state index contributed by atoms with van der Waals surface area (Å²) in [7, 11) is 1.30. The monoisotopic (exact) mass is 382 g/mol. The van der Waals surface area contributed by atoms with Crippen molar-refractivity contribution in [2.24, 2.45) is 0 Å². The molecule has 0 saturated carbocycles. The molecule has 1 N–H and O–H groups in total. The van der Waals surface area contributed by atoms with Gasteiger partial charge in [0.2, 0.25) is 0 Å². The van der Waals surface area contributed by atoms with Gasteiger partial charge in [0.1, 0.15) is 6.10 Å². The molecule has 1 aliphatic rings. The number of esters is 3. The SMILES string of the molecule is CO[C@H]1O[C@H](CO)[C@@H](OC(=O)c2ccccc2)[C@H](OC(C)=O)[C@H]1OC(C)=O. The fourth-order valence-corrected chi connectivity index (χ4v) is 2.77. The normalized spacial score (nSPS) is 27.5. The van der Waals surface area contributed by atoms with Crippen molar-refractivity contribution in [1.29, 1.82) is 0 Å². The number of aliphatic hydroxyl groups excluding tert-OH is 1. The van der Waals surface area contributed by atoms with Gasteiger partial charge in [-0.05, 0) is 12.1 Å². The van der Waals surface area contributed by atoms with E-state index in [9.17, 15) is 19.5 Å². The third kappa shape index (κ3) is 5.25. The van der Waals surface area contributed by atoms with Crippen LogP contribution in [0.1, 0.15) is 24.2 Å². The number of benzene rings is 1. The second kappa shape index (κ2) is 9.45. The zero-order valence-corrected chi connectivity index (χ0v) is 15.2. The molecule has 0 radical (unpaired) electrons. The minimum Gasteiger partial charge on any atom is -0.454 e. The minimum atomic E-state index is -1.23. The average Bonchev–Trinajstić information content (AvgIpc) is 2.64. The van der Waals surface area contributed by atoms with E-state index in [1.807, 2.05) is 0 Å². The molecule has 2 rings (SSSR count). The molecule has 1 aliphatic heterocycles. The molecule has 5 atom stereocenters. The lowest BCUT2D eigenvalue weighted by molar-refractivity contribution is -0.299. The van der Waals surface area contributed by atoms with Gasteiger partial charge in [0.15, 0.2) is 24.6 Å². The standard InChI is InChI=1S/C18H22O9/c1-10(20)24-15-14(27-17(22)12-7-5-4-6-8-12)13(9-19)26-18(23-3)16(15)25-11(2)21/h4-8,13-16,18-19H,9H2,1-3H3/t13-,14-,15+,16-,18+/m1/s1. The summed E-state index contributed by atoms with van der Waals surface area (Å²) in [6.45, 7) is 1.78. The molecule has 9 nitrogen and oxygen atoms in total. The van der Waals surface area contributed by atoms with Crippen LogP contribution < -0.4 is 0 Å². The summed E-state index contributed by atoms with van der Waals surface area (Å²) in [6, 6.07) is 8.14. The van der Waals surface area contributed by atoms with E-state index in [0.29, 0.717) is 0 Å². The van der Waals surface area contributed by atoms with Crippen molar-refractivity contribution in [3.05, 3.63) is 35.9 Å². The van der Waals surface area contributed by atoms with Gasteiger partial charge in [0.25, 0.3) is 0 Å². The Hall–Kier alpha value is -2.49. The maximum atomic E-state index is 12.4. The second-order valence-corrected chi connectivity index (χ2v) is 5.85. The molecule has 1 aromatic rings. The molecule has 0 spiro atoms. The van der Waals surface area contributed by atoms with E-state index in [0.717, 1.165) is 6.92 Å². The van der Waals surface area contributed by atoms with Gasteiger partial charge in [0, 0.05) is 21.0 Å². The Balaban J connectivity index is 2.34. The molecule has 1 aromatic carbocycles. The van der Waals surface area contributed by atoms with Crippen LogP contribution in [-0.2, 0) is 33.3 Å². The maximum Gasteiger partial charge on any atom is 0.338 e. The van der Waals surface area contributed by atoms with Crippen LogP contribution in [0.4, 0.5) is 0 Å². The molecule has 148 valence electrons. The molecule has 9 heteroatoms. The van der Waals surface area contributed by atoms with Crippen LogP contribution in [0, 0.1) is 0 Å². The Kier molecular flexibility index (Phi) is 7.28. The van der Waals surface area contributed by atoms with Gasteiger partial charge < -0.3 is 28.8 Å². The molecular formula is C18H22O9. The highest BCUT2D eigenvalue weighted by molar-refractivity contribution is 5.89. The van der Waals surface area contributed by atoms with Crippen LogP contribution in [0.25, 0.3) is 0 Å². The van der Waals surface area contributed by atoms with E-state index in [-0.39, 0.29) is 5.56 Å². The first-order valence-electron chi connectivity index (χ1n) is 8.27. The Labute approximate surface area is 156 Å². The van der Waals surface area contributed by atoms with Crippen molar-refractivity contribution in [1.82, 2.24) is 0 Å². The molecule has 0 bridgehead atoms. The third-order valence-corrected chi connectivity index (χ3v) is 3.86. The van der Waals surface area contributed by atoms with E-state index in [4.69, 9.17) is 23.7 Å². The second-order valence-electron chi connectivity index (χ2n) is 5.85. The number of ether oxygens (including phenoxy) is 5. The van der Waals surface area contributed by atoms with E-state index in [1.165, 1.54) is 14.0 Å². The van der Waals surface area contributed by atoms with Crippen LogP contribution >= 0.6 is 0 Å². The van der Waals surface area contributed by atoms with Crippen molar-refractivity contribution in [3.63, 3.8) is 0 Å². The smallest absolute Gasteiger partial charge is 0.338 e. The van der Waals surface area contributed by atoms with Crippen LogP contribution in [0.3, 0.4) is 0 Å². The Morgan fingerprint density at radius 1 is 0.963 bits per heavy atom. The first kappa shape index (κ1) is 20.8. The first-order chi connectivity index (χ1) is 12.9. The van der Waals surface area contributed by atoms with Crippen molar-refractivity contribution in [2.75, 3.05) is 13.7 Å². The Morgan fingerprint density at radius 3 is 2.07 bits per heavy atom. The van der Waals surface area contributed by atoms with Crippen LogP contribution in [0.5, 0.6) is 0 Å². The van der Waals surface area contributed by atoms with E-state index < -0.39 is 55.2 Å². The summed E-state index contributed by atoms with van der Waals surface area (Å²) in [5, 5.41) is 9.66. The number of aliphatic hydroxyl groups is 1. The van der Waals surface area contributed by atoms with Gasteiger partial charge in [-0.3, -0.25) is 9.59 Å². The number of carbonyl (C=O) groups is 3. The highest BCUT2D eigenvalue weighted by Crippen LogP contribution is 2.29. The Morgan fingerprint density at radius 2 is 1.56 bits per heavy atom. The predicted octanol–water partition coefficient (Wildman–Crippen LogP) is 0.439. The van der Waals surface area contributed by atoms with Gasteiger partial charge in [-0.15, -0.1) is 0 Å². The minimum absolute atomic E-state index is 0.258. The molecule has 1 saturated heterocycles.